The Kier molecular flexibility index (Phi) is 6.97. The number of carbonyl (C=O) groups excluding carboxylic acids is 2. The molecule has 1 atom stereocenters. The first-order chi connectivity index (χ1) is 14.9. The van der Waals surface area contributed by atoms with Crippen LogP contribution in [0.4, 0.5) is 0 Å². The molecule has 1 fully saturated rings. The molecule has 1 aliphatic rings. The molecule has 3 rings (SSSR count). The number of likely N-dealkylation sites (tertiary alicyclic amines) is 1. The van der Waals surface area contributed by atoms with E-state index in [1.807, 2.05) is 13.8 Å². The van der Waals surface area contributed by atoms with Crippen molar-refractivity contribution in [3.8, 4) is 11.5 Å². The Balaban J connectivity index is 2.12. The van der Waals surface area contributed by atoms with Crippen LogP contribution in [-0.4, -0.2) is 55.2 Å². The van der Waals surface area contributed by atoms with Crippen molar-refractivity contribution in [2.45, 2.75) is 26.0 Å². The van der Waals surface area contributed by atoms with Crippen LogP contribution in [0.2, 0.25) is 0 Å². The summed E-state index contributed by atoms with van der Waals surface area (Å²) in [6.07, 6.45) is 0.0103. The van der Waals surface area contributed by atoms with E-state index in [9.17, 15) is 14.7 Å². The van der Waals surface area contributed by atoms with E-state index in [-0.39, 0.29) is 30.6 Å². The monoisotopic (exact) mass is 425 g/mol. The van der Waals surface area contributed by atoms with Crippen LogP contribution in [0.25, 0.3) is 5.76 Å². The van der Waals surface area contributed by atoms with E-state index in [4.69, 9.17) is 14.2 Å². The number of nitrogens with zero attached hydrogens (tertiary/aromatic N) is 1. The van der Waals surface area contributed by atoms with E-state index < -0.39 is 17.7 Å². The molecule has 1 N–H and O–H groups in total. The van der Waals surface area contributed by atoms with E-state index in [2.05, 4.69) is 0 Å². The van der Waals surface area contributed by atoms with Gasteiger partial charge < -0.3 is 24.2 Å². The first-order valence-corrected chi connectivity index (χ1v) is 10.1. The largest absolute Gasteiger partial charge is 0.507 e. The summed E-state index contributed by atoms with van der Waals surface area (Å²) in [6, 6.07) is 13.1. The number of aliphatic hydroxyl groups is 1. The van der Waals surface area contributed by atoms with Crippen molar-refractivity contribution < 1.29 is 28.9 Å². The summed E-state index contributed by atoms with van der Waals surface area (Å²) in [6.45, 7) is 4.28. The zero-order valence-corrected chi connectivity index (χ0v) is 18.1. The minimum absolute atomic E-state index is 0.0103. The van der Waals surface area contributed by atoms with Crippen molar-refractivity contribution in [3.63, 3.8) is 0 Å². The minimum atomic E-state index is -0.794. The maximum absolute atomic E-state index is 13.0. The van der Waals surface area contributed by atoms with Crippen molar-refractivity contribution in [2.24, 2.45) is 0 Å². The molecule has 2 aromatic carbocycles. The molecule has 0 radical (unpaired) electrons. The van der Waals surface area contributed by atoms with Crippen LogP contribution in [0, 0.1) is 0 Å². The predicted molar refractivity (Wildman–Crippen MR) is 116 cm³/mol. The summed E-state index contributed by atoms with van der Waals surface area (Å²) < 4.78 is 16.2. The van der Waals surface area contributed by atoms with Crippen LogP contribution in [0.1, 0.15) is 31.0 Å². The Hall–Kier alpha value is -3.32. The Morgan fingerprint density at radius 2 is 1.74 bits per heavy atom. The van der Waals surface area contributed by atoms with Gasteiger partial charge in [0.05, 0.1) is 31.4 Å². The summed E-state index contributed by atoms with van der Waals surface area (Å²) in [4.78, 5) is 27.2. The van der Waals surface area contributed by atoms with Crippen molar-refractivity contribution in [1.82, 2.24) is 4.90 Å². The summed E-state index contributed by atoms with van der Waals surface area (Å²) >= 11 is 0. The van der Waals surface area contributed by atoms with Gasteiger partial charge in [0, 0.05) is 24.8 Å². The van der Waals surface area contributed by atoms with Gasteiger partial charge in [-0.15, -0.1) is 0 Å². The molecule has 0 aromatic heterocycles. The van der Waals surface area contributed by atoms with E-state index >= 15 is 0 Å². The zero-order chi connectivity index (χ0) is 22.5. The first-order valence-electron chi connectivity index (χ1n) is 10.1. The standard InChI is InChI=1S/C24H27NO6/c1-15(2)31-17-11-9-16(10-12-17)22(26)20-21(18-7-5-6-8-19(18)30-4)25(13-14-29-3)24(28)23(20)27/h5-12,15,21,26H,13-14H2,1-4H3/b22-20+/t21-/m1/s1. The summed E-state index contributed by atoms with van der Waals surface area (Å²) in [5.74, 6) is -0.511. The molecule has 1 saturated heterocycles. The normalized spacial score (nSPS) is 18.0. The molecule has 0 saturated carbocycles. The topological polar surface area (TPSA) is 85.3 Å². The number of methoxy groups -OCH3 is 2. The molecule has 1 amide bonds. The first kappa shape index (κ1) is 22.4. The number of hydrogen-bond donors (Lipinski definition) is 1. The molecule has 2 aromatic rings. The van der Waals surface area contributed by atoms with Crippen molar-refractivity contribution in [1.29, 1.82) is 0 Å². The summed E-state index contributed by atoms with van der Waals surface area (Å²) in [5.41, 5.74) is 1.05. The Bertz CT molecular complexity index is 980. The van der Waals surface area contributed by atoms with Crippen LogP contribution < -0.4 is 9.47 Å². The molecule has 0 aliphatic carbocycles. The molecular weight excluding hydrogens is 398 g/mol. The number of Topliss-reactive ketones (excluding diaryl/α,β-unsaturated/α-hetero) is 1. The Labute approximate surface area is 181 Å². The highest BCUT2D eigenvalue weighted by atomic mass is 16.5. The third-order valence-corrected chi connectivity index (χ3v) is 5.01. The number of benzene rings is 2. The average molecular weight is 425 g/mol. The number of ketones is 1. The fourth-order valence-electron chi connectivity index (χ4n) is 3.63. The highest BCUT2D eigenvalue weighted by molar-refractivity contribution is 6.46. The van der Waals surface area contributed by atoms with Gasteiger partial charge in [-0.3, -0.25) is 9.59 Å². The van der Waals surface area contributed by atoms with E-state index in [0.717, 1.165) is 0 Å². The van der Waals surface area contributed by atoms with Gasteiger partial charge in [0.15, 0.2) is 0 Å². The van der Waals surface area contributed by atoms with E-state index in [0.29, 0.717) is 22.6 Å². The molecule has 0 unspecified atom stereocenters. The highest BCUT2D eigenvalue weighted by Crippen LogP contribution is 2.42. The van der Waals surface area contributed by atoms with Gasteiger partial charge in [0.25, 0.3) is 11.7 Å². The van der Waals surface area contributed by atoms with Crippen LogP contribution in [0.3, 0.4) is 0 Å². The number of ether oxygens (including phenoxy) is 3. The van der Waals surface area contributed by atoms with Crippen molar-refractivity contribution in [3.05, 3.63) is 65.2 Å². The third kappa shape index (κ3) is 4.56. The number of aliphatic hydroxyl groups excluding tert-OH is 1. The second-order valence-corrected chi connectivity index (χ2v) is 7.42. The van der Waals surface area contributed by atoms with Crippen LogP contribution in [-0.2, 0) is 14.3 Å². The van der Waals surface area contributed by atoms with Crippen LogP contribution in [0.15, 0.2) is 54.1 Å². The number of carbonyl (C=O) groups is 2. The van der Waals surface area contributed by atoms with Crippen molar-refractivity contribution in [2.75, 3.05) is 27.4 Å². The van der Waals surface area contributed by atoms with Crippen LogP contribution in [0.5, 0.6) is 11.5 Å². The molecule has 0 spiro atoms. The molecule has 1 heterocycles. The lowest BCUT2D eigenvalue weighted by molar-refractivity contribution is -0.140. The minimum Gasteiger partial charge on any atom is -0.507 e. The second kappa shape index (κ2) is 9.66. The number of rotatable bonds is 8. The summed E-state index contributed by atoms with van der Waals surface area (Å²) in [7, 11) is 3.04. The van der Waals surface area contributed by atoms with Gasteiger partial charge in [-0.25, -0.2) is 0 Å². The molecule has 0 bridgehead atoms. The number of amides is 1. The smallest absolute Gasteiger partial charge is 0.295 e. The maximum atomic E-state index is 13.0. The van der Waals surface area contributed by atoms with Gasteiger partial charge in [-0.05, 0) is 44.2 Å². The lowest BCUT2D eigenvalue weighted by Crippen LogP contribution is -2.32. The fourth-order valence-corrected chi connectivity index (χ4v) is 3.63. The SMILES string of the molecule is COCCN1C(=O)C(=O)/C(=C(/O)c2ccc(OC(C)C)cc2)[C@H]1c1ccccc1OC. The highest BCUT2D eigenvalue weighted by Gasteiger charge is 2.46. The lowest BCUT2D eigenvalue weighted by atomic mass is 9.94. The van der Waals surface area contributed by atoms with E-state index in [1.165, 1.54) is 19.1 Å². The van der Waals surface area contributed by atoms with Gasteiger partial charge in [0.2, 0.25) is 0 Å². The van der Waals surface area contributed by atoms with Gasteiger partial charge in [0.1, 0.15) is 17.3 Å². The zero-order valence-electron chi connectivity index (χ0n) is 18.1. The summed E-state index contributed by atoms with van der Waals surface area (Å²) in [5, 5.41) is 11.1. The van der Waals surface area contributed by atoms with E-state index in [1.54, 1.807) is 48.5 Å². The van der Waals surface area contributed by atoms with Crippen molar-refractivity contribution >= 4 is 17.4 Å². The third-order valence-electron chi connectivity index (χ3n) is 5.01. The Morgan fingerprint density at radius 3 is 2.35 bits per heavy atom. The number of hydrogen-bond acceptors (Lipinski definition) is 6. The molecule has 7 nitrogen and oxygen atoms in total. The predicted octanol–water partition coefficient (Wildman–Crippen LogP) is 3.55. The van der Waals surface area contributed by atoms with Gasteiger partial charge >= 0.3 is 0 Å². The molecule has 7 heteroatoms. The Morgan fingerprint density at radius 1 is 1.06 bits per heavy atom. The maximum Gasteiger partial charge on any atom is 0.295 e. The number of para-hydroxylation sites is 1. The average Bonchev–Trinajstić information content (AvgIpc) is 3.01. The molecule has 164 valence electrons. The molecular formula is C24H27NO6. The van der Waals surface area contributed by atoms with Crippen LogP contribution >= 0.6 is 0 Å². The van der Waals surface area contributed by atoms with Gasteiger partial charge in [-0.2, -0.15) is 0 Å². The quantitative estimate of drug-likeness (QED) is 0.396. The fraction of sp³-hybridized carbons (Fsp3) is 0.333. The van der Waals surface area contributed by atoms with Gasteiger partial charge in [-0.1, -0.05) is 18.2 Å². The lowest BCUT2D eigenvalue weighted by Gasteiger charge is -2.26. The molecule has 31 heavy (non-hydrogen) atoms. The second-order valence-electron chi connectivity index (χ2n) is 7.42. The molecule has 1 aliphatic heterocycles.